The van der Waals surface area contributed by atoms with Crippen LogP contribution in [0.1, 0.15) is 27.9 Å². The standard InChI is InChI=1S/C23H26F3N3O3/c1-27(2)17-8-9-28(14-17)18-10-16-13-29(22(30)21(16)20(11-18)31-3)12-15-4-6-19(7-5-15)32-23(24,25)26/h4-7,10-11,17H,8-9,12-14H2,1-3H3. The number of rotatable bonds is 6. The van der Waals surface area contributed by atoms with Crippen LogP contribution in [0.3, 0.4) is 0 Å². The van der Waals surface area contributed by atoms with Crippen LogP contribution in [0.15, 0.2) is 36.4 Å². The number of amides is 1. The van der Waals surface area contributed by atoms with E-state index in [1.54, 1.807) is 12.0 Å². The zero-order chi connectivity index (χ0) is 23.0. The van der Waals surface area contributed by atoms with E-state index in [9.17, 15) is 18.0 Å². The monoisotopic (exact) mass is 449 g/mol. The molecular formula is C23H26F3N3O3. The molecule has 2 aromatic rings. The average Bonchev–Trinajstić information content (AvgIpc) is 3.34. The van der Waals surface area contributed by atoms with Crippen LogP contribution in [0.2, 0.25) is 0 Å². The van der Waals surface area contributed by atoms with Gasteiger partial charge in [0.2, 0.25) is 0 Å². The molecule has 0 spiro atoms. The predicted octanol–water partition coefficient (Wildman–Crippen LogP) is 3.89. The minimum absolute atomic E-state index is 0.147. The molecule has 1 amide bonds. The molecule has 2 heterocycles. The van der Waals surface area contributed by atoms with Crippen molar-refractivity contribution in [1.82, 2.24) is 9.80 Å². The van der Waals surface area contributed by atoms with Crippen LogP contribution in [0.25, 0.3) is 0 Å². The minimum atomic E-state index is -4.73. The molecule has 2 aliphatic rings. The Morgan fingerprint density at radius 2 is 1.88 bits per heavy atom. The number of hydrogen-bond acceptors (Lipinski definition) is 5. The molecule has 2 aromatic carbocycles. The summed E-state index contributed by atoms with van der Waals surface area (Å²) in [6.07, 6.45) is -3.66. The van der Waals surface area contributed by atoms with Gasteiger partial charge in [-0.25, -0.2) is 0 Å². The minimum Gasteiger partial charge on any atom is -0.496 e. The van der Waals surface area contributed by atoms with Gasteiger partial charge < -0.3 is 24.2 Å². The lowest BCUT2D eigenvalue weighted by molar-refractivity contribution is -0.274. The van der Waals surface area contributed by atoms with Crippen molar-refractivity contribution in [2.24, 2.45) is 0 Å². The summed E-state index contributed by atoms with van der Waals surface area (Å²) >= 11 is 0. The highest BCUT2D eigenvalue weighted by Gasteiger charge is 2.34. The molecule has 0 radical (unpaired) electrons. The molecule has 0 N–H and O–H groups in total. The number of fused-ring (bicyclic) bond motifs is 1. The van der Waals surface area contributed by atoms with E-state index in [1.807, 2.05) is 12.1 Å². The zero-order valence-corrected chi connectivity index (χ0v) is 18.3. The summed E-state index contributed by atoms with van der Waals surface area (Å²) in [6.45, 7) is 2.56. The van der Waals surface area contributed by atoms with Gasteiger partial charge in [0.15, 0.2) is 0 Å². The predicted molar refractivity (Wildman–Crippen MR) is 114 cm³/mol. The molecule has 1 unspecified atom stereocenters. The number of alkyl halides is 3. The number of ether oxygens (including phenoxy) is 2. The van der Waals surface area contributed by atoms with E-state index < -0.39 is 6.36 Å². The number of carbonyl (C=O) groups excluding carboxylic acids is 1. The lowest BCUT2D eigenvalue weighted by Gasteiger charge is -2.23. The number of likely N-dealkylation sites (N-methyl/N-ethyl adjacent to an activating group) is 1. The lowest BCUT2D eigenvalue weighted by atomic mass is 10.1. The normalized spacial score (nSPS) is 18.5. The topological polar surface area (TPSA) is 45.2 Å². The molecule has 2 aliphatic heterocycles. The lowest BCUT2D eigenvalue weighted by Crippen LogP contribution is -2.31. The summed E-state index contributed by atoms with van der Waals surface area (Å²) < 4.78 is 46.5. The highest BCUT2D eigenvalue weighted by molar-refractivity contribution is 6.01. The fourth-order valence-corrected chi connectivity index (χ4v) is 4.35. The number of anilines is 1. The maximum Gasteiger partial charge on any atom is 0.573 e. The SMILES string of the molecule is COc1cc(N2CCC(N(C)C)C2)cc2c1C(=O)N(Cc1ccc(OC(F)(F)F)cc1)C2. The number of benzene rings is 2. The highest BCUT2D eigenvalue weighted by atomic mass is 19.4. The van der Waals surface area contributed by atoms with Crippen molar-refractivity contribution in [1.29, 1.82) is 0 Å². The molecule has 6 nitrogen and oxygen atoms in total. The van der Waals surface area contributed by atoms with Gasteiger partial charge in [-0.2, -0.15) is 0 Å². The molecule has 0 saturated carbocycles. The number of carbonyl (C=O) groups is 1. The highest BCUT2D eigenvalue weighted by Crippen LogP contribution is 2.37. The van der Waals surface area contributed by atoms with Crippen LogP contribution in [0.5, 0.6) is 11.5 Å². The number of methoxy groups -OCH3 is 1. The Morgan fingerprint density at radius 1 is 1.16 bits per heavy atom. The molecule has 0 bridgehead atoms. The van der Waals surface area contributed by atoms with E-state index in [0.29, 0.717) is 29.5 Å². The van der Waals surface area contributed by atoms with Crippen molar-refractivity contribution in [3.8, 4) is 11.5 Å². The first-order valence-electron chi connectivity index (χ1n) is 10.4. The Kier molecular flexibility index (Phi) is 5.94. The third-order valence-corrected chi connectivity index (χ3v) is 6.04. The van der Waals surface area contributed by atoms with Crippen LogP contribution < -0.4 is 14.4 Å². The number of hydrogen-bond donors (Lipinski definition) is 0. The van der Waals surface area contributed by atoms with E-state index in [1.165, 1.54) is 24.3 Å². The maximum atomic E-state index is 13.1. The summed E-state index contributed by atoms with van der Waals surface area (Å²) in [5, 5.41) is 0. The molecule has 9 heteroatoms. The molecule has 4 rings (SSSR count). The van der Waals surface area contributed by atoms with Crippen LogP contribution in [-0.4, -0.2) is 62.4 Å². The van der Waals surface area contributed by atoms with Crippen molar-refractivity contribution in [2.45, 2.75) is 31.9 Å². The molecule has 1 fully saturated rings. The van der Waals surface area contributed by atoms with E-state index in [-0.39, 0.29) is 18.2 Å². The van der Waals surface area contributed by atoms with E-state index in [0.717, 1.165) is 30.8 Å². The number of halogens is 3. The smallest absolute Gasteiger partial charge is 0.496 e. The van der Waals surface area contributed by atoms with Crippen LogP contribution in [-0.2, 0) is 13.1 Å². The van der Waals surface area contributed by atoms with Crippen molar-refractivity contribution >= 4 is 11.6 Å². The van der Waals surface area contributed by atoms with Gasteiger partial charge in [0, 0.05) is 44.0 Å². The van der Waals surface area contributed by atoms with Crippen molar-refractivity contribution in [3.63, 3.8) is 0 Å². The summed E-state index contributed by atoms with van der Waals surface area (Å²) in [7, 11) is 5.72. The fourth-order valence-electron chi connectivity index (χ4n) is 4.35. The van der Waals surface area contributed by atoms with Crippen molar-refractivity contribution in [3.05, 3.63) is 53.1 Å². The van der Waals surface area contributed by atoms with Crippen molar-refractivity contribution in [2.75, 3.05) is 39.2 Å². The summed E-state index contributed by atoms with van der Waals surface area (Å²) in [5.41, 5.74) is 3.20. The Balaban J connectivity index is 1.50. The van der Waals surface area contributed by atoms with Gasteiger partial charge in [-0.3, -0.25) is 4.79 Å². The summed E-state index contributed by atoms with van der Waals surface area (Å²) in [4.78, 5) is 19.3. The summed E-state index contributed by atoms with van der Waals surface area (Å²) in [6, 6.07) is 10.0. The van der Waals surface area contributed by atoms with Gasteiger partial charge in [-0.15, -0.1) is 13.2 Å². The van der Waals surface area contributed by atoms with Crippen LogP contribution in [0, 0.1) is 0 Å². The average molecular weight is 449 g/mol. The Bertz CT molecular complexity index is 992. The van der Waals surface area contributed by atoms with E-state index >= 15 is 0 Å². The third kappa shape index (κ3) is 4.62. The van der Waals surface area contributed by atoms with E-state index in [4.69, 9.17) is 4.74 Å². The second-order valence-corrected chi connectivity index (χ2v) is 8.39. The molecule has 1 saturated heterocycles. The number of nitrogens with zero attached hydrogens (tertiary/aromatic N) is 3. The molecule has 0 aliphatic carbocycles. The Morgan fingerprint density at radius 3 is 2.47 bits per heavy atom. The second kappa shape index (κ2) is 8.54. The quantitative estimate of drug-likeness (QED) is 0.670. The van der Waals surface area contributed by atoms with Gasteiger partial charge in [0.05, 0.1) is 12.7 Å². The van der Waals surface area contributed by atoms with Crippen LogP contribution in [0.4, 0.5) is 18.9 Å². The fraction of sp³-hybridized carbons (Fsp3) is 0.435. The second-order valence-electron chi connectivity index (χ2n) is 8.39. The largest absolute Gasteiger partial charge is 0.573 e. The van der Waals surface area contributed by atoms with Crippen molar-refractivity contribution < 1.29 is 27.4 Å². The summed E-state index contributed by atoms with van der Waals surface area (Å²) in [5.74, 6) is 0.115. The molecule has 0 aromatic heterocycles. The Hall–Kier alpha value is -2.94. The third-order valence-electron chi connectivity index (χ3n) is 6.04. The van der Waals surface area contributed by atoms with Gasteiger partial charge >= 0.3 is 6.36 Å². The first-order chi connectivity index (χ1) is 15.1. The molecule has 32 heavy (non-hydrogen) atoms. The van der Waals surface area contributed by atoms with Gasteiger partial charge in [0.25, 0.3) is 5.91 Å². The molecular weight excluding hydrogens is 423 g/mol. The Labute approximate surface area is 185 Å². The molecule has 172 valence electrons. The first kappa shape index (κ1) is 22.3. The zero-order valence-electron chi connectivity index (χ0n) is 18.3. The molecule has 1 atom stereocenters. The van der Waals surface area contributed by atoms with Gasteiger partial charge in [0.1, 0.15) is 11.5 Å². The first-order valence-corrected chi connectivity index (χ1v) is 10.4. The maximum absolute atomic E-state index is 13.1. The van der Waals surface area contributed by atoms with Gasteiger partial charge in [-0.1, -0.05) is 12.1 Å². The van der Waals surface area contributed by atoms with Gasteiger partial charge in [-0.05, 0) is 49.8 Å². The van der Waals surface area contributed by atoms with E-state index in [2.05, 4.69) is 28.6 Å². The van der Waals surface area contributed by atoms with Crippen LogP contribution >= 0.6 is 0 Å².